The zero-order valence-electron chi connectivity index (χ0n) is 13.1. The third kappa shape index (κ3) is 3.58. The maximum Gasteiger partial charge on any atom is 0.261 e. The van der Waals surface area contributed by atoms with Gasteiger partial charge < -0.3 is 9.84 Å². The van der Waals surface area contributed by atoms with Gasteiger partial charge in [-0.2, -0.15) is 0 Å². The van der Waals surface area contributed by atoms with Crippen LogP contribution in [-0.4, -0.2) is 27.4 Å². The topological polar surface area (TPSA) is 64.3 Å². The summed E-state index contributed by atoms with van der Waals surface area (Å²) in [4.78, 5) is 16.6. The fraction of sp³-hybridized carbons (Fsp3) is 0.222. The van der Waals surface area contributed by atoms with Crippen LogP contribution in [0.3, 0.4) is 0 Å². The van der Waals surface area contributed by atoms with Crippen LogP contribution in [0.15, 0.2) is 53.6 Å². The van der Waals surface area contributed by atoms with Crippen molar-refractivity contribution in [1.29, 1.82) is 0 Å². The molecule has 5 nitrogen and oxygen atoms in total. The fourth-order valence-electron chi connectivity index (χ4n) is 2.45. The number of halogens is 1. The van der Waals surface area contributed by atoms with Crippen molar-refractivity contribution in [3.63, 3.8) is 0 Å². The fourth-order valence-corrected chi connectivity index (χ4v) is 2.61. The minimum Gasteiger partial charge on any atom is -0.491 e. The van der Waals surface area contributed by atoms with E-state index in [1.165, 1.54) is 10.9 Å². The van der Waals surface area contributed by atoms with Gasteiger partial charge in [0.05, 0.1) is 23.8 Å². The molecule has 0 aliphatic carbocycles. The number of aliphatic hydroxyl groups is 1. The van der Waals surface area contributed by atoms with E-state index in [0.717, 1.165) is 11.3 Å². The lowest BCUT2D eigenvalue weighted by Gasteiger charge is -2.15. The van der Waals surface area contributed by atoms with Crippen molar-refractivity contribution in [2.75, 3.05) is 6.61 Å². The third-order valence-corrected chi connectivity index (χ3v) is 3.95. The van der Waals surface area contributed by atoms with Crippen molar-refractivity contribution in [2.24, 2.45) is 0 Å². The first-order chi connectivity index (χ1) is 11.5. The largest absolute Gasteiger partial charge is 0.491 e. The molecule has 0 saturated heterocycles. The van der Waals surface area contributed by atoms with E-state index in [0.29, 0.717) is 15.9 Å². The molecule has 0 amide bonds. The van der Waals surface area contributed by atoms with Crippen molar-refractivity contribution >= 4 is 22.5 Å². The lowest BCUT2D eigenvalue weighted by Crippen LogP contribution is -2.30. The van der Waals surface area contributed by atoms with Crippen molar-refractivity contribution in [3.8, 4) is 5.75 Å². The van der Waals surface area contributed by atoms with E-state index in [-0.39, 0.29) is 18.7 Å². The molecule has 6 heteroatoms. The molecule has 3 aromatic rings. The van der Waals surface area contributed by atoms with Crippen molar-refractivity contribution < 1.29 is 9.84 Å². The van der Waals surface area contributed by atoms with Crippen molar-refractivity contribution in [3.05, 3.63) is 69.7 Å². The Morgan fingerprint density at radius 1 is 1.29 bits per heavy atom. The number of hydrogen-bond acceptors (Lipinski definition) is 4. The van der Waals surface area contributed by atoms with Gasteiger partial charge in [0.15, 0.2) is 0 Å². The van der Waals surface area contributed by atoms with Crippen LogP contribution in [0.5, 0.6) is 5.75 Å². The lowest BCUT2D eigenvalue weighted by atomic mass is 10.2. The molecule has 1 aromatic heterocycles. The first kappa shape index (κ1) is 16.5. The van der Waals surface area contributed by atoms with Crippen LogP contribution in [0.2, 0.25) is 5.02 Å². The third-order valence-electron chi connectivity index (χ3n) is 3.72. The highest BCUT2D eigenvalue weighted by Gasteiger charge is 2.11. The summed E-state index contributed by atoms with van der Waals surface area (Å²) in [6.07, 6.45) is 0.590. The van der Waals surface area contributed by atoms with Gasteiger partial charge in [0, 0.05) is 5.02 Å². The number of hydrogen-bond donors (Lipinski definition) is 1. The molecular formula is C18H17ClN2O3. The molecule has 0 radical (unpaired) electrons. The second kappa shape index (κ2) is 7.03. The normalized spacial score (nSPS) is 12.3. The van der Waals surface area contributed by atoms with Gasteiger partial charge in [-0.25, -0.2) is 4.98 Å². The Hall–Kier alpha value is -2.37. The second-order valence-corrected chi connectivity index (χ2v) is 6.03. The van der Waals surface area contributed by atoms with Crippen LogP contribution >= 0.6 is 11.6 Å². The van der Waals surface area contributed by atoms with Gasteiger partial charge in [-0.15, -0.1) is 0 Å². The molecule has 0 spiro atoms. The average Bonchev–Trinajstić information content (AvgIpc) is 2.56. The Labute approximate surface area is 144 Å². The standard InChI is InChI=1S/C18H17ClN2O3/c1-12-4-2-3-5-17(12)24-10-14(22)9-21-11-20-16-8-13(19)6-7-15(16)18(21)23/h2-8,11,14,22H,9-10H2,1H3. The highest BCUT2D eigenvalue weighted by molar-refractivity contribution is 6.31. The van der Waals surface area contributed by atoms with Gasteiger partial charge >= 0.3 is 0 Å². The molecule has 1 atom stereocenters. The summed E-state index contributed by atoms with van der Waals surface area (Å²) in [7, 11) is 0. The summed E-state index contributed by atoms with van der Waals surface area (Å²) in [5.41, 5.74) is 1.31. The van der Waals surface area contributed by atoms with E-state index in [1.54, 1.807) is 18.2 Å². The molecular weight excluding hydrogens is 328 g/mol. The maximum atomic E-state index is 12.4. The minimum absolute atomic E-state index is 0.0932. The van der Waals surface area contributed by atoms with E-state index in [9.17, 15) is 9.90 Å². The van der Waals surface area contributed by atoms with E-state index >= 15 is 0 Å². The summed E-state index contributed by atoms with van der Waals surface area (Å²) < 4.78 is 6.99. The number of aliphatic hydroxyl groups excluding tert-OH is 1. The Balaban J connectivity index is 1.72. The van der Waals surface area contributed by atoms with Crippen LogP contribution in [-0.2, 0) is 6.54 Å². The molecule has 1 unspecified atom stereocenters. The number of para-hydroxylation sites is 1. The molecule has 0 saturated carbocycles. The summed E-state index contributed by atoms with van der Waals surface area (Å²) in [5, 5.41) is 11.2. The summed E-state index contributed by atoms with van der Waals surface area (Å²) >= 11 is 5.90. The predicted octanol–water partition coefficient (Wildman–Crippen LogP) is 2.80. The minimum atomic E-state index is -0.825. The monoisotopic (exact) mass is 344 g/mol. The number of rotatable bonds is 5. The molecule has 2 aromatic carbocycles. The highest BCUT2D eigenvalue weighted by Crippen LogP contribution is 2.17. The number of nitrogens with zero attached hydrogens (tertiary/aromatic N) is 2. The second-order valence-electron chi connectivity index (χ2n) is 5.59. The summed E-state index contributed by atoms with van der Waals surface area (Å²) in [6, 6.07) is 12.5. The molecule has 1 N–H and O–H groups in total. The number of aryl methyl sites for hydroxylation is 1. The van der Waals surface area contributed by atoms with Crippen LogP contribution < -0.4 is 10.3 Å². The van der Waals surface area contributed by atoms with Gasteiger partial charge in [0.2, 0.25) is 0 Å². The van der Waals surface area contributed by atoms with Gasteiger partial charge in [-0.05, 0) is 36.8 Å². The lowest BCUT2D eigenvalue weighted by molar-refractivity contribution is 0.0911. The molecule has 24 heavy (non-hydrogen) atoms. The average molecular weight is 345 g/mol. The quantitative estimate of drug-likeness (QED) is 0.773. The zero-order chi connectivity index (χ0) is 17.1. The van der Waals surface area contributed by atoms with Gasteiger partial charge in [0.25, 0.3) is 5.56 Å². The van der Waals surface area contributed by atoms with Gasteiger partial charge in [0.1, 0.15) is 18.5 Å². The first-order valence-corrected chi connectivity index (χ1v) is 7.93. The van der Waals surface area contributed by atoms with Crippen LogP contribution in [0.25, 0.3) is 10.9 Å². The van der Waals surface area contributed by atoms with E-state index < -0.39 is 6.10 Å². The number of fused-ring (bicyclic) bond motifs is 1. The molecule has 0 fully saturated rings. The summed E-state index contributed by atoms with van der Waals surface area (Å²) in [5.74, 6) is 0.718. The van der Waals surface area contributed by atoms with E-state index in [2.05, 4.69) is 4.98 Å². The first-order valence-electron chi connectivity index (χ1n) is 7.56. The van der Waals surface area contributed by atoms with Crippen molar-refractivity contribution in [1.82, 2.24) is 9.55 Å². The Bertz CT molecular complexity index is 924. The van der Waals surface area contributed by atoms with Crippen LogP contribution in [0.4, 0.5) is 0 Å². The van der Waals surface area contributed by atoms with Crippen LogP contribution in [0.1, 0.15) is 5.56 Å². The summed E-state index contributed by atoms with van der Waals surface area (Å²) in [6.45, 7) is 2.14. The van der Waals surface area contributed by atoms with Gasteiger partial charge in [-0.3, -0.25) is 9.36 Å². The Kier molecular flexibility index (Phi) is 4.83. The molecule has 0 aliphatic heterocycles. The zero-order valence-corrected chi connectivity index (χ0v) is 13.9. The Morgan fingerprint density at radius 3 is 2.88 bits per heavy atom. The molecule has 0 bridgehead atoms. The molecule has 0 aliphatic rings. The van der Waals surface area contributed by atoms with E-state index in [4.69, 9.17) is 16.3 Å². The Morgan fingerprint density at radius 2 is 2.08 bits per heavy atom. The number of benzene rings is 2. The molecule has 3 rings (SSSR count). The molecule has 124 valence electrons. The maximum absolute atomic E-state index is 12.4. The number of aromatic nitrogens is 2. The van der Waals surface area contributed by atoms with Crippen molar-refractivity contribution in [2.45, 2.75) is 19.6 Å². The number of ether oxygens (including phenoxy) is 1. The van der Waals surface area contributed by atoms with E-state index in [1.807, 2.05) is 31.2 Å². The molecule has 1 heterocycles. The van der Waals surface area contributed by atoms with Gasteiger partial charge in [-0.1, -0.05) is 29.8 Å². The SMILES string of the molecule is Cc1ccccc1OCC(O)Cn1cnc2cc(Cl)ccc2c1=O. The smallest absolute Gasteiger partial charge is 0.261 e. The van der Waals surface area contributed by atoms with Crippen LogP contribution in [0, 0.1) is 6.92 Å². The highest BCUT2D eigenvalue weighted by atomic mass is 35.5. The predicted molar refractivity (Wildman–Crippen MR) is 93.7 cm³/mol.